The molecule has 0 fully saturated rings. The minimum atomic E-state index is -0.387. The Balaban J connectivity index is 3.69. The van der Waals surface area contributed by atoms with Gasteiger partial charge in [-0.3, -0.25) is 0 Å². The number of allylic oxidation sites excluding steroid dienone is 2. The number of hydrogen-bond acceptors (Lipinski definition) is 7. The van der Waals surface area contributed by atoms with Crippen molar-refractivity contribution in [1.29, 1.82) is 0 Å². The zero-order valence-corrected chi connectivity index (χ0v) is 30.4. The van der Waals surface area contributed by atoms with Crippen molar-refractivity contribution in [2.45, 2.75) is 179 Å². The van der Waals surface area contributed by atoms with E-state index >= 15 is 0 Å². The molecule has 268 valence electrons. The Morgan fingerprint density at radius 3 is 0.867 bits per heavy atom. The van der Waals surface area contributed by atoms with Gasteiger partial charge in [0.05, 0.1) is 0 Å². The SMILES string of the molecule is COC(C=CCCCCCCCCCCCCC(OC)OC)OC(C=CCCCCCCCCCCCCC(OC)OC)OC. The minimum Gasteiger partial charge on any atom is -0.356 e. The second-order valence-electron chi connectivity index (χ2n) is 12.2. The van der Waals surface area contributed by atoms with Crippen molar-refractivity contribution in [2.24, 2.45) is 0 Å². The molecule has 0 aromatic heterocycles. The molecule has 0 amide bonds. The molecule has 0 aromatic carbocycles. The lowest BCUT2D eigenvalue weighted by Gasteiger charge is -2.18. The molecule has 0 saturated heterocycles. The van der Waals surface area contributed by atoms with Crippen molar-refractivity contribution in [2.75, 3.05) is 42.7 Å². The summed E-state index contributed by atoms with van der Waals surface area (Å²) in [4.78, 5) is 0. The van der Waals surface area contributed by atoms with Crippen LogP contribution in [0.2, 0.25) is 0 Å². The fourth-order valence-electron chi connectivity index (χ4n) is 5.54. The monoisotopic (exact) mass is 643 g/mol. The molecule has 0 aliphatic heterocycles. The molecule has 0 heterocycles. The number of ether oxygens (including phenoxy) is 7. The predicted molar refractivity (Wildman–Crippen MR) is 187 cm³/mol. The molecule has 0 saturated carbocycles. The summed E-state index contributed by atoms with van der Waals surface area (Å²) in [6.45, 7) is 0. The normalized spacial score (nSPS) is 13.7. The minimum absolute atomic E-state index is 0.0357. The maximum absolute atomic E-state index is 5.97. The Bertz CT molecular complexity index is 567. The Morgan fingerprint density at radius 1 is 0.333 bits per heavy atom. The summed E-state index contributed by atoms with van der Waals surface area (Å²) in [5.41, 5.74) is 0. The first-order valence-electron chi connectivity index (χ1n) is 18.3. The zero-order chi connectivity index (χ0) is 33.1. The molecular formula is C38H74O7. The summed E-state index contributed by atoms with van der Waals surface area (Å²) in [5, 5.41) is 0. The summed E-state index contributed by atoms with van der Waals surface area (Å²) in [6.07, 6.45) is 37.7. The third kappa shape index (κ3) is 30.3. The van der Waals surface area contributed by atoms with Gasteiger partial charge in [0.2, 0.25) is 0 Å². The van der Waals surface area contributed by atoms with Crippen LogP contribution >= 0.6 is 0 Å². The molecular weight excluding hydrogens is 568 g/mol. The van der Waals surface area contributed by atoms with Crippen molar-refractivity contribution in [3.8, 4) is 0 Å². The smallest absolute Gasteiger partial charge is 0.179 e. The summed E-state index contributed by atoms with van der Waals surface area (Å²) in [6, 6.07) is 0. The van der Waals surface area contributed by atoms with Crippen molar-refractivity contribution < 1.29 is 33.2 Å². The molecule has 2 atom stereocenters. The molecule has 45 heavy (non-hydrogen) atoms. The Labute approximate surface area is 279 Å². The van der Waals surface area contributed by atoms with Gasteiger partial charge >= 0.3 is 0 Å². The molecule has 7 nitrogen and oxygen atoms in total. The van der Waals surface area contributed by atoms with E-state index in [1.807, 2.05) is 12.2 Å². The van der Waals surface area contributed by atoms with Crippen molar-refractivity contribution in [3.63, 3.8) is 0 Å². The third-order valence-corrected chi connectivity index (χ3v) is 8.49. The van der Waals surface area contributed by atoms with Crippen LogP contribution in [0, 0.1) is 0 Å². The molecule has 0 N–H and O–H groups in total. The highest BCUT2D eigenvalue weighted by atomic mass is 16.8. The van der Waals surface area contributed by atoms with Gasteiger partial charge in [0.25, 0.3) is 0 Å². The van der Waals surface area contributed by atoms with Gasteiger partial charge < -0.3 is 33.2 Å². The second kappa shape index (κ2) is 36.0. The maximum Gasteiger partial charge on any atom is 0.179 e. The molecule has 0 rings (SSSR count). The molecule has 0 aliphatic carbocycles. The predicted octanol–water partition coefficient (Wildman–Crippen LogP) is 10.7. The van der Waals surface area contributed by atoms with Gasteiger partial charge in [-0.15, -0.1) is 0 Å². The quantitative estimate of drug-likeness (QED) is 0.0383. The van der Waals surface area contributed by atoms with Crippen LogP contribution in [0.1, 0.15) is 154 Å². The van der Waals surface area contributed by atoms with E-state index in [1.165, 1.54) is 128 Å². The average Bonchev–Trinajstić information content (AvgIpc) is 3.07. The standard InChI is InChI=1S/C38H74O7/c1-39-35(40-2)31-27-23-19-15-11-7-9-13-17-21-25-29-33-37(43-5)45-38(44-6)34-30-26-22-18-14-10-8-12-16-20-24-28-32-36(41-3)42-4/h29-30,33-38H,7-28,31-32H2,1-6H3. The first-order valence-corrected chi connectivity index (χ1v) is 18.3. The van der Waals surface area contributed by atoms with Gasteiger partial charge in [-0.05, 0) is 63.5 Å². The number of unbranched alkanes of at least 4 members (excludes halogenated alkanes) is 20. The molecule has 0 radical (unpaired) electrons. The van der Waals surface area contributed by atoms with Gasteiger partial charge in [0, 0.05) is 42.7 Å². The molecule has 0 aromatic rings. The van der Waals surface area contributed by atoms with Crippen LogP contribution in [0.15, 0.2) is 24.3 Å². The lowest BCUT2D eigenvalue weighted by atomic mass is 10.0. The lowest BCUT2D eigenvalue weighted by Crippen LogP contribution is -2.22. The fourth-order valence-corrected chi connectivity index (χ4v) is 5.54. The van der Waals surface area contributed by atoms with Gasteiger partial charge in [0.15, 0.2) is 25.2 Å². The van der Waals surface area contributed by atoms with Crippen LogP contribution in [0.4, 0.5) is 0 Å². The zero-order valence-electron chi connectivity index (χ0n) is 30.4. The van der Waals surface area contributed by atoms with E-state index in [1.54, 1.807) is 42.7 Å². The van der Waals surface area contributed by atoms with Gasteiger partial charge in [0.1, 0.15) is 0 Å². The molecule has 0 aliphatic rings. The van der Waals surface area contributed by atoms with E-state index in [0.717, 1.165) is 25.7 Å². The highest BCUT2D eigenvalue weighted by Crippen LogP contribution is 2.15. The van der Waals surface area contributed by atoms with E-state index in [0.29, 0.717) is 0 Å². The van der Waals surface area contributed by atoms with Crippen LogP contribution in [-0.4, -0.2) is 67.8 Å². The van der Waals surface area contributed by atoms with Gasteiger partial charge in [-0.2, -0.15) is 0 Å². The first-order chi connectivity index (χ1) is 22.1. The largest absolute Gasteiger partial charge is 0.356 e. The van der Waals surface area contributed by atoms with Gasteiger partial charge in [-0.1, -0.05) is 115 Å². The van der Waals surface area contributed by atoms with Crippen LogP contribution < -0.4 is 0 Å². The van der Waals surface area contributed by atoms with E-state index in [2.05, 4.69) is 12.2 Å². The van der Waals surface area contributed by atoms with Gasteiger partial charge in [-0.25, -0.2) is 0 Å². The summed E-state index contributed by atoms with van der Waals surface area (Å²) in [7, 11) is 10.2. The van der Waals surface area contributed by atoms with E-state index < -0.39 is 0 Å². The number of rotatable bonds is 36. The summed E-state index contributed by atoms with van der Waals surface area (Å²) < 4.78 is 37.9. The number of methoxy groups -OCH3 is 6. The van der Waals surface area contributed by atoms with Crippen molar-refractivity contribution in [1.82, 2.24) is 0 Å². The summed E-state index contributed by atoms with van der Waals surface area (Å²) >= 11 is 0. The Morgan fingerprint density at radius 2 is 0.600 bits per heavy atom. The molecule has 0 spiro atoms. The lowest BCUT2D eigenvalue weighted by molar-refractivity contribution is -0.188. The third-order valence-electron chi connectivity index (χ3n) is 8.49. The molecule has 7 heteroatoms. The van der Waals surface area contributed by atoms with E-state index in [4.69, 9.17) is 33.2 Å². The van der Waals surface area contributed by atoms with Crippen LogP contribution in [0.25, 0.3) is 0 Å². The highest BCUT2D eigenvalue weighted by Gasteiger charge is 2.10. The van der Waals surface area contributed by atoms with Crippen molar-refractivity contribution in [3.05, 3.63) is 24.3 Å². The van der Waals surface area contributed by atoms with Crippen LogP contribution in [0.5, 0.6) is 0 Å². The fraction of sp³-hybridized carbons (Fsp3) is 0.895. The van der Waals surface area contributed by atoms with E-state index in [-0.39, 0.29) is 25.2 Å². The topological polar surface area (TPSA) is 64.6 Å². The van der Waals surface area contributed by atoms with Crippen LogP contribution in [-0.2, 0) is 33.2 Å². The number of hydrogen-bond donors (Lipinski definition) is 0. The Kier molecular flexibility index (Phi) is 35.4. The maximum atomic E-state index is 5.97. The van der Waals surface area contributed by atoms with E-state index in [9.17, 15) is 0 Å². The van der Waals surface area contributed by atoms with Crippen LogP contribution in [0.3, 0.4) is 0 Å². The molecule has 2 unspecified atom stereocenters. The average molecular weight is 643 g/mol. The molecule has 0 bridgehead atoms. The van der Waals surface area contributed by atoms with Crippen molar-refractivity contribution >= 4 is 0 Å². The Hall–Kier alpha value is -0.800. The first kappa shape index (κ1) is 44.2. The summed E-state index contributed by atoms with van der Waals surface area (Å²) in [5.74, 6) is 0. The second-order valence-corrected chi connectivity index (χ2v) is 12.2. The highest BCUT2D eigenvalue weighted by molar-refractivity contribution is 4.89.